The van der Waals surface area contributed by atoms with Gasteiger partial charge in [-0.05, 0) is 41.6 Å². The van der Waals surface area contributed by atoms with Gasteiger partial charge in [-0.15, -0.1) is 11.3 Å². The third kappa shape index (κ3) is 4.34. The van der Waals surface area contributed by atoms with Crippen LogP contribution in [0.2, 0.25) is 0 Å². The number of hydrogen-bond donors (Lipinski definition) is 1. The lowest BCUT2D eigenvalue weighted by Gasteiger charge is -2.16. The molecule has 1 fully saturated rings. The summed E-state index contributed by atoms with van der Waals surface area (Å²) in [5.41, 5.74) is 1.78. The van der Waals surface area contributed by atoms with Crippen molar-refractivity contribution in [3.63, 3.8) is 0 Å². The Morgan fingerprint density at radius 1 is 1.34 bits per heavy atom. The van der Waals surface area contributed by atoms with Gasteiger partial charge in [0.15, 0.2) is 5.82 Å². The Morgan fingerprint density at radius 2 is 2.14 bits per heavy atom. The fourth-order valence-corrected chi connectivity index (χ4v) is 4.10. The van der Waals surface area contributed by atoms with E-state index in [1.165, 1.54) is 23.5 Å². The molecule has 0 aliphatic carbocycles. The lowest BCUT2D eigenvalue weighted by Crippen LogP contribution is -2.24. The van der Waals surface area contributed by atoms with Gasteiger partial charge < -0.3 is 14.7 Å². The lowest BCUT2D eigenvalue weighted by molar-refractivity contribution is -0.128. The van der Waals surface area contributed by atoms with Crippen LogP contribution in [0.25, 0.3) is 0 Å². The van der Waals surface area contributed by atoms with Crippen LogP contribution in [-0.4, -0.2) is 33.4 Å². The third-order valence-corrected chi connectivity index (χ3v) is 5.83. The molecule has 1 aliphatic heterocycles. The predicted octanol–water partition coefficient (Wildman–Crippen LogP) is 3.02. The van der Waals surface area contributed by atoms with Crippen LogP contribution < -0.4 is 5.32 Å². The summed E-state index contributed by atoms with van der Waals surface area (Å²) in [6.45, 7) is 2.89. The molecular formula is C20H19FN4O3S. The van der Waals surface area contributed by atoms with Crippen molar-refractivity contribution in [3.8, 4) is 0 Å². The maximum absolute atomic E-state index is 13.0. The molecule has 1 atom stereocenters. The van der Waals surface area contributed by atoms with Crippen molar-refractivity contribution in [3.05, 3.63) is 69.2 Å². The zero-order valence-corrected chi connectivity index (χ0v) is 16.5. The van der Waals surface area contributed by atoms with Gasteiger partial charge in [0, 0.05) is 25.4 Å². The van der Waals surface area contributed by atoms with E-state index in [9.17, 15) is 14.0 Å². The molecule has 2 amide bonds. The van der Waals surface area contributed by atoms with E-state index < -0.39 is 0 Å². The number of carbonyl (C=O) groups excluding carboxylic acids is 2. The number of aromatic nitrogens is 2. The molecule has 1 N–H and O–H groups in total. The fraction of sp³-hybridized carbons (Fsp3) is 0.300. The number of thiophene rings is 1. The summed E-state index contributed by atoms with van der Waals surface area (Å²) < 4.78 is 18.3. The Bertz CT molecular complexity index is 1030. The molecule has 4 rings (SSSR count). The van der Waals surface area contributed by atoms with Gasteiger partial charge in [0.2, 0.25) is 11.8 Å². The van der Waals surface area contributed by atoms with E-state index in [2.05, 4.69) is 15.5 Å². The van der Waals surface area contributed by atoms with Crippen LogP contribution in [0.1, 0.15) is 44.9 Å². The molecule has 7 nitrogen and oxygen atoms in total. The normalized spacial score (nSPS) is 16.4. The Balaban J connectivity index is 1.34. The minimum absolute atomic E-state index is 0.00727. The van der Waals surface area contributed by atoms with E-state index in [0.29, 0.717) is 36.1 Å². The summed E-state index contributed by atoms with van der Waals surface area (Å²) in [5.74, 6) is 0.0881. The molecule has 2 aromatic heterocycles. The molecular weight excluding hydrogens is 395 g/mol. The number of benzene rings is 1. The van der Waals surface area contributed by atoms with Gasteiger partial charge in [0.05, 0.1) is 11.4 Å². The molecule has 1 aromatic carbocycles. The van der Waals surface area contributed by atoms with Gasteiger partial charge in [-0.25, -0.2) is 4.39 Å². The van der Waals surface area contributed by atoms with Crippen molar-refractivity contribution in [2.24, 2.45) is 0 Å². The molecule has 0 bridgehead atoms. The van der Waals surface area contributed by atoms with Crippen molar-refractivity contribution in [2.45, 2.75) is 32.4 Å². The zero-order valence-electron chi connectivity index (χ0n) is 15.7. The summed E-state index contributed by atoms with van der Waals surface area (Å²) in [7, 11) is 0. The molecule has 0 unspecified atom stereocenters. The summed E-state index contributed by atoms with van der Waals surface area (Å²) in [6.07, 6.45) is 0.293. The SMILES string of the molecule is Cc1ccsc1C(=O)NCc1nc([C@H]2CC(=O)N(Cc3ccc(F)cc3)C2)no1. The van der Waals surface area contributed by atoms with Gasteiger partial charge in [0.25, 0.3) is 5.91 Å². The molecule has 1 aliphatic rings. The first-order valence-corrected chi connectivity index (χ1v) is 10.0. The Kier molecular flexibility index (Phi) is 5.39. The number of hydrogen-bond acceptors (Lipinski definition) is 6. The number of carbonyl (C=O) groups is 2. The molecule has 0 radical (unpaired) electrons. The highest BCUT2D eigenvalue weighted by atomic mass is 32.1. The fourth-order valence-electron chi connectivity index (χ4n) is 3.26. The van der Waals surface area contributed by atoms with Crippen LogP contribution in [0.3, 0.4) is 0 Å². The van der Waals surface area contributed by atoms with Crippen molar-refractivity contribution in [1.29, 1.82) is 0 Å². The summed E-state index contributed by atoms with van der Waals surface area (Å²) in [6, 6.07) is 7.98. The average Bonchev–Trinajstić information content (AvgIpc) is 3.42. The minimum atomic E-state index is -0.306. The van der Waals surface area contributed by atoms with E-state index in [-0.39, 0.29) is 30.1 Å². The van der Waals surface area contributed by atoms with E-state index in [4.69, 9.17) is 4.52 Å². The standard InChI is InChI=1S/C20H19FN4O3S/c1-12-6-7-29-18(12)20(27)22-9-16-23-19(24-28-16)14-8-17(26)25(11-14)10-13-2-4-15(21)5-3-13/h2-7,14H,8-11H2,1H3,(H,22,27)/t14-/m0/s1. The van der Waals surface area contributed by atoms with E-state index >= 15 is 0 Å². The average molecular weight is 414 g/mol. The smallest absolute Gasteiger partial charge is 0.262 e. The van der Waals surface area contributed by atoms with E-state index in [1.807, 2.05) is 18.4 Å². The number of nitrogens with one attached hydrogen (secondary N) is 1. The van der Waals surface area contributed by atoms with Crippen molar-refractivity contribution in [2.75, 3.05) is 6.54 Å². The molecule has 150 valence electrons. The van der Waals surface area contributed by atoms with Gasteiger partial charge >= 0.3 is 0 Å². The van der Waals surface area contributed by atoms with Gasteiger partial charge in [-0.3, -0.25) is 9.59 Å². The lowest BCUT2D eigenvalue weighted by atomic mass is 10.1. The predicted molar refractivity (Wildman–Crippen MR) is 104 cm³/mol. The number of rotatable bonds is 6. The number of likely N-dealkylation sites (tertiary alicyclic amines) is 1. The third-order valence-electron chi connectivity index (χ3n) is 4.82. The highest BCUT2D eigenvalue weighted by Crippen LogP contribution is 2.27. The van der Waals surface area contributed by atoms with Crippen LogP contribution in [0.15, 0.2) is 40.2 Å². The Hall–Kier alpha value is -3.07. The molecule has 0 spiro atoms. The molecule has 9 heteroatoms. The summed E-state index contributed by atoms with van der Waals surface area (Å²) >= 11 is 1.38. The van der Waals surface area contributed by atoms with Gasteiger partial charge in [-0.1, -0.05) is 17.3 Å². The topological polar surface area (TPSA) is 88.3 Å². The van der Waals surface area contributed by atoms with Gasteiger partial charge in [0.1, 0.15) is 5.82 Å². The molecule has 29 heavy (non-hydrogen) atoms. The van der Waals surface area contributed by atoms with Crippen LogP contribution in [0.5, 0.6) is 0 Å². The summed E-state index contributed by atoms with van der Waals surface area (Å²) in [4.78, 5) is 31.2. The van der Waals surface area contributed by atoms with Crippen LogP contribution in [0, 0.1) is 12.7 Å². The second-order valence-corrected chi connectivity index (χ2v) is 7.88. The molecule has 0 saturated carbocycles. The second-order valence-electron chi connectivity index (χ2n) is 6.96. The highest BCUT2D eigenvalue weighted by molar-refractivity contribution is 7.12. The monoisotopic (exact) mass is 414 g/mol. The molecule has 3 heterocycles. The van der Waals surface area contributed by atoms with Crippen LogP contribution in [0.4, 0.5) is 4.39 Å². The maximum Gasteiger partial charge on any atom is 0.262 e. The van der Waals surface area contributed by atoms with Crippen molar-refractivity contribution < 1.29 is 18.5 Å². The molecule has 3 aromatic rings. The highest BCUT2D eigenvalue weighted by Gasteiger charge is 2.33. The minimum Gasteiger partial charge on any atom is -0.342 e. The summed E-state index contributed by atoms with van der Waals surface area (Å²) in [5, 5.41) is 8.61. The Morgan fingerprint density at radius 3 is 2.86 bits per heavy atom. The van der Waals surface area contributed by atoms with Crippen LogP contribution >= 0.6 is 11.3 Å². The molecule has 1 saturated heterocycles. The first kappa shape index (κ1) is 19.3. The quantitative estimate of drug-likeness (QED) is 0.670. The second kappa shape index (κ2) is 8.12. The first-order chi connectivity index (χ1) is 14.0. The number of aryl methyl sites for hydroxylation is 1. The largest absolute Gasteiger partial charge is 0.342 e. The first-order valence-electron chi connectivity index (χ1n) is 9.16. The number of halogens is 1. The number of amides is 2. The van der Waals surface area contributed by atoms with E-state index in [1.54, 1.807) is 17.0 Å². The Labute approximate surface area is 170 Å². The maximum atomic E-state index is 13.0. The zero-order chi connectivity index (χ0) is 20.4. The van der Waals surface area contributed by atoms with Gasteiger partial charge in [-0.2, -0.15) is 4.98 Å². The van der Waals surface area contributed by atoms with Crippen molar-refractivity contribution >= 4 is 23.2 Å². The van der Waals surface area contributed by atoms with Crippen molar-refractivity contribution in [1.82, 2.24) is 20.4 Å². The van der Waals surface area contributed by atoms with E-state index in [0.717, 1.165) is 11.1 Å². The van der Waals surface area contributed by atoms with Crippen LogP contribution in [-0.2, 0) is 17.9 Å². The number of nitrogens with zero attached hydrogens (tertiary/aromatic N) is 3.